The maximum atomic E-state index is 15.0. The standard InChI is InChI=1S/C34H27ClF6O3/c1-2-3-4-5-20-18-42-33(43-19-20)24-16-30(38)32(31(39)17-24)34(40,41)44-25-10-6-21(7-11-25)22-8-12-26(28(36)14-22)23-9-13-27(35)29(37)15-23/h2-3,6-17,20,33H,4-5,18-19H2,1H3/b3-2+. The van der Waals surface area contributed by atoms with E-state index in [-0.39, 0.29) is 33.4 Å². The van der Waals surface area contributed by atoms with Gasteiger partial charge in [0.05, 0.1) is 18.2 Å². The van der Waals surface area contributed by atoms with E-state index in [9.17, 15) is 17.6 Å². The lowest BCUT2D eigenvalue weighted by molar-refractivity contribution is -0.206. The summed E-state index contributed by atoms with van der Waals surface area (Å²) in [6.07, 6.45) is 0.168. The molecule has 0 spiro atoms. The second kappa shape index (κ2) is 13.5. The van der Waals surface area contributed by atoms with E-state index < -0.39 is 41.2 Å². The number of benzene rings is 4. The van der Waals surface area contributed by atoms with E-state index in [0.717, 1.165) is 31.0 Å². The van der Waals surface area contributed by atoms with Crippen LogP contribution in [0, 0.1) is 29.2 Å². The van der Waals surface area contributed by atoms with E-state index in [2.05, 4.69) is 0 Å². The molecule has 0 bridgehead atoms. The molecule has 0 aliphatic carbocycles. The number of rotatable bonds is 9. The molecule has 1 fully saturated rings. The summed E-state index contributed by atoms with van der Waals surface area (Å²) < 4.78 is 104. The maximum absolute atomic E-state index is 15.0. The van der Waals surface area contributed by atoms with Crippen molar-refractivity contribution in [2.45, 2.75) is 32.2 Å². The van der Waals surface area contributed by atoms with Crippen molar-refractivity contribution in [1.29, 1.82) is 0 Å². The molecule has 4 aromatic rings. The molecule has 4 aromatic carbocycles. The van der Waals surface area contributed by atoms with Gasteiger partial charge in [0.2, 0.25) is 0 Å². The molecule has 230 valence electrons. The zero-order chi connectivity index (χ0) is 31.4. The predicted octanol–water partition coefficient (Wildman–Crippen LogP) is 10.4. The Kier molecular flexibility index (Phi) is 9.68. The Labute approximate surface area is 255 Å². The minimum atomic E-state index is -4.36. The van der Waals surface area contributed by atoms with Crippen LogP contribution < -0.4 is 4.74 Å². The average Bonchev–Trinajstić information content (AvgIpc) is 2.99. The SMILES string of the molecule is C/C=C/CCC1COC(c2cc(F)c(C(F)(F)Oc3ccc(-c4ccc(-c5ccc(Cl)c(F)c5)c(F)c4)cc3)c(F)c2)OC1. The number of hydrogen-bond donors (Lipinski definition) is 0. The van der Waals surface area contributed by atoms with E-state index >= 15 is 8.78 Å². The minimum absolute atomic E-state index is 0.0599. The summed E-state index contributed by atoms with van der Waals surface area (Å²) in [6.45, 7) is 2.53. The van der Waals surface area contributed by atoms with Crippen LogP contribution in [0.2, 0.25) is 5.02 Å². The summed E-state index contributed by atoms with van der Waals surface area (Å²) in [6, 6.07) is 14.8. The molecule has 0 radical (unpaired) electrons. The van der Waals surface area contributed by atoms with E-state index in [0.29, 0.717) is 24.3 Å². The summed E-state index contributed by atoms with van der Waals surface area (Å²) in [5.74, 6) is -4.62. The van der Waals surface area contributed by atoms with Crippen LogP contribution in [0.15, 0.2) is 84.9 Å². The predicted molar refractivity (Wildman–Crippen MR) is 155 cm³/mol. The van der Waals surface area contributed by atoms with Gasteiger partial charge >= 0.3 is 6.11 Å². The molecule has 1 aliphatic heterocycles. The fraction of sp³-hybridized carbons (Fsp3) is 0.235. The van der Waals surface area contributed by atoms with Crippen LogP contribution in [-0.2, 0) is 15.6 Å². The first-order chi connectivity index (χ1) is 21.1. The van der Waals surface area contributed by atoms with Crippen LogP contribution >= 0.6 is 11.6 Å². The Morgan fingerprint density at radius 3 is 2.02 bits per heavy atom. The lowest BCUT2D eigenvalue weighted by atomic mass is 9.99. The van der Waals surface area contributed by atoms with E-state index in [1.54, 1.807) is 6.07 Å². The molecule has 44 heavy (non-hydrogen) atoms. The topological polar surface area (TPSA) is 27.7 Å². The number of halogens is 7. The Morgan fingerprint density at radius 2 is 1.41 bits per heavy atom. The highest BCUT2D eigenvalue weighted by Gasteiger charge is 2.42. The molecule has 1 saturated heterocycles. The van der Waals surface area contributed by atoms with Crippen molar-refractivity contribution < 1.29 is 40.6 Å². The highest BCUT2D eigenvalue weighted by molar-refractivity contribution is 6.30. The minimum Gasteiger partial charge on any atom is -0.429 e. The first-order valence-electron chi connectivity index (χ1n) is 13.8. The second-order valence-electron chi connectivity index (χ2n) is 10.3. The molecule has 10 heteroatoms. The number of allylic oxidation sites excluding steroid dienone is 2. The van der Waals surface area contributed by atoms with Gasteiger partial charge in [-0.15, -0.1) is 0 Å². The molecule has 0 saturated carbocycles. The number of ether oxygens (including phenoxy) is 3. The van der Waals surface area contributed by atoms with E-state index in [1.165, 1.54) is 48.5 Å². The first-order valence-corrected chi connectivity index (χ1v) is 14.2. The van der Waals surface area contributed by atoms with Crippen molar-refractivity contribution in [1.82, 2.24) is 0 Å². The smallest absolute Gasteiger partial charge is 0.429 e. The van der Waals surface area contributed by atoms with Crippen LogP contribution in [0.5, 0.6) is 5.75 Å². The zero-order valence-electron chi connectivity index (χ0n) is 23.4. The highest BCUT2D eigenvalue weighted by Crippen LogP contribution is 2.38. The molecule has 1 heterocycles. The molecule has 5 rings (SSSR count). The Morgan fingerprint density at radius 1 is 0.795 bits per heavy atom. The van der Waals surface area contributed by atoms with Crippen LogP contribution in [0.25, 0.3) is 22.3 Å². The van der Waals surface area contributed by atoms with E-state index in [1.807, 2.05) is 19.1 Å². The van der Waals surface area contributed by atoms with Gasteiger partial charge in [-0.05, 0) is 78.9 Å². The summed E-state index contributed by atoms with van der Waals surface area (Å²) in [5, 5.41) is -0.0887. The lowest BCUT2D eigenvalue weighted by Gasteiger charge is -2.30. The van der Waals surface area contributed by atoms with Gasteiger partial charge in [-0.2, -0.15) is 8.78 Å². The van der Waals surface area contributed by atoms with Gasteiger partial charge < -0.3 is 14.2 Å². The highest BCUT2D eigenvalue weighted by atomic mass is 35.5. The third-order valence-electron chi connectivity index (χ3n) is 7.20. The fourth-order valence-electron chi connectivity index (χ4n) is 4.91. The van der Waals surface area contributed by atoms with Crippen LogP contribution in [0.4, 0.5) is 26.3 Å². The maximum Gasteiger partial charge on any atom is 0.432 e. The summed E-state index contributed by atoms with van der Waals surface area (Å²) in [5.41, 5.74) is -0.325. The van der Waals surface area contributed by atoms with Crippen molar-refractivity contribution in [3.63, 3.8) is 0 Å². The van der Waals surface area contributed by atoms with Crippen molar-refractivity contribution >= 4 is 11.6 Å². The summed E-state index contributed by atoms with van der Waals surface area (Å²) >= 11 is 5.70. The van der Waals surface area contributed by atoms with Crippen molar-refractivity contribution in [3.8, 4) is 28.0 Å². The van der Waals surface area contributed by atoms with Gasteiger partial charge in [-0.1, -0.05) is 54.1 Å². The monoisotopic (exact) mass is 632 g/mol. The fourth-order valence-corrected chi connectivity index (χ4v) is 5.03. The van der Waals surface area contributed by atoms with Crippen LogP contribution in [-0.4, -0.2) is 13.2 Å². The van der Waals surface area contributed by atoms with Crippen molar-refractivity contribution in [2.24, 2.45) is 5.92 Å². The number of hydrogen-bond acceptors (Lipinski definition) is 3. The van der Waals surface area contributed by atoms with Crippen molar-refractivity contribution in [3.05, 3.63) is 124 Å². The van der Waals surface area contributed by atoms with Gasteiger partial charge in [-0.25, -0.2) is 17.6 Å². The molecule has 0 amide bonds. The normalized spacial score (nSPS) is 17.3. The lowest BCUT2D eigenvalue weighted by Crippen LogP contribution is -2.28. The Hall–Kier alpha value is -3.79. The third kappa shape index (κ3) is 7.12. The molecule has 1 aliphatic rings. The quantitative estimate of drug-likeness (QED) is 0.136. The second-order valence-corrected chi connectivity index (χ2v) is 10.7. The molecule has 0 aromatic heterocycles. The van der Waals surface area contributed by atoms with Crippen LogP contribution in [0.1, 0.15) is 37.2 Å². The summed E-state index contributed by atoms with van der Waals surface area (Å²) in [4.78, 5) is 0. The van der Waals surface area contributed by atoms with Gasteiger partial charge in [0.25, 0.3) is 0 Å². The molecular weight excluding hydrogens is 606 g/mol. The summed E-state index contributed by atoms with van der Waals surface area (Å²) in [7, 11) is 0. The van der Waals surface area contributed by atoms with Gasteiger partial charge in [0, 0.05) is 17.0 Å². The largest absolute Gasteiger partial charge is 0.432 e. The van der Waals surface area contributed by atoms with E-state index in [4.69, 9.17) is 25.8 Å². The molecule has 3 nitrogen and oxygen atoms in total. The van der Waals surface area contributed by atoms with Gasteiger partial charge in [0.15, 0.2) is 6.29 Å². The van der Waals surface area contributed by atoms with Crippen molar-refractivity contribution in [2.75, 3.05) is 13.2 Å². The zero-order valence-corrected chi connectivity index (χ0v) is 24.2. The van der Waals surface area contributed by atoms with Crippen LogP contribution in [0.3, 0.4) is 0 Å². The first kappa shape index (κ1) is 31.6. The molecular formula is C34H27ClF6O3. The number of alkyl halides is 2. The van der Waals surface area contributed by atoms with Gasteiger partial charge in [-0.3, -0.25) is 0 Å². The molecule has 0 atom stereocenters. The molecule has 0 N–H and O–H groups in total. The third-order valence-corrected chi connectivity index (χ3v) is 7.51. The Bertz CT molecular complexity index is 1630. The molecule has 0 unspecified atom stereocenters. The average molecular weight is 633 g/mol. The Balaban J connectivity index is 1.27. The van der Waals surface area contributed by atoms with Gasteiger partial charge in [0.1, 0.15) is 34.6 Å².